The summed E-state index contributed by atoms with van der Waals surface area (Å²) >= 11 is 0. The summed E-state index contributed by atoms with van der Waals surface area (Å²) in [5.74, 6) is -0.438. The molecule has 0 radical (unpaired) electrons. The average molecular weight is 261 g/mol. The molecule has 100 valence electrons. The highest BCUT2D eigenvalue weighted by atomic mass is 16.6. The van der Waals surface area contributed by atoms with Crippen LogP contribution in [-0.2, 0) is 4.74 Å². The molecule has 0 bridgehead atoms. The lowest BCUT2D eigenvalue weighted by Gasteiger charge is -2.12. The number of non-ortho nitro benzene ring substituents is 1. The Morgan fingerprint density at radius 1 is 1.26 bits per heavy atom. The second kappa shape index (κ2) is 6.13. The lowest BCUT2D eigenvalue weighted by atomic mass is 10.2. The predicted molar refractivity (Wildman–Crippen MR) is 69.9 cm³/mol. The van der Waals surface area contributed by atoms with Gasteiger partial charge in [0.25, 0.3) is 5.69 Å². The summed E-state index contributed by atoms with van der Waals surface area (Å²) in [5, 5.41) is 10.5. The third-order valence-corrected chi connectivity index (χ3v) is 3.03. The number of benzene rings is 1. The molecule has 0 aromatic heterocycles. The Kier molecular flexibility index (Phi) is 4.28. The summed E-state index contributed by atoms with van der Waals surface area (Å²) in [7, 11) is 0. The maximum atomic E-state index is 11.9. The first-order valence-electron chi connectivity index (χ1n) is 6.29. The second-order valence-corrected chi connectivity index (χ2v) is 4.46. The zero-order valence-electron chi connectivity index (χ0n) is 10.5. The first-order chi connectivity index (χ1) is 9.16. The van der Waals surface area contributed by atoms with Crippen molar-refractivity contribution in [1.82, 2.24) is 0 Å². The molecule has 5 nitrogen and oxygen atoms in total. The van der Waals surface area contributed by atoms with E-state index in [9.17, 15) is 14.9 Å². The molecule has 5 heteroatoms. The van der Waals surface area contributed by atoms with Gasteiger partial charge in [-0.15, -0.1) is 0 Å². The number of allylic oxidation sites excluding steroid dienone is 1. The molecule has 0 saturated heterocycles. The van der Waals surface area contributed by atoms with Crippen LogP contribution in [0.25, 0.3) is 0 Å². The summed E-state index contributed by atoms with van der Waals surface area (Å²) in [6.07, 6.45) is 7.75. The summed E-state index contributed by atoms with van der Waals surface area (Å²) in [5.41, 5.74) is 0.300. The lowest BCUT2D eigenvalue weighted by Crippen LogP contribution is -2.15. The Morgan fingerprint density at radius 2 is 2.00 bits per heavy atom. The molecular weight excluding hydrogens is 246 g/mol. The van der Waals surface area contributed by atoms with Crippen LogP contribution in [0.4, 0.5) is 5.69 Å². The molecule has 0 N–H and O–H groups in total. The molecule has 0 unspecified atom stereocenters. The number of hydrogen-bond donors (Lipinski definition) is 0. The van der Waals surface area contributed by atoms with E-state index in [0.29, 0.717) is 5.56 Å². The van der Waals surface area contributed by atoms with Gasteiger partial charge in [0, 0.05) is 12.1 Å². The molecule has 0 fully saturated rings. The van der Waals surface area contributed by atoms with Gasteiger partial charge < -0.3 is 4.74 Å². The number of nitro benzene ring substituents is 1. The molecule has 2 rings (SSSR count). The van der Waals surface area contributed by atoms with Crippen LogP contribution in [0.15, 0.2) is 36.4 Å². The largest absolute Gasteiger partial charge is 0.455 e. The van der Waals surface area contributed by atoms with Crippen LogP contribution in [0, 0.1) is 10.1 Å². The van der Waals surface area contributed by atoms with Crippen LogP contribution >= 0.6 is 0 Å². The second-order valence-electron chi connectivity index (χ2n) is 4.46. The number of esters is 1. The molecule has 0 aliphatic heterocycles. The monoisotopic (exact) mass is 261 g/mol. The fourth-order valence-corrected chi connectivity index (χ4v) is 1.97. The maximum absolute atomic E-state index is 11.9. The summed E-state index contributed by atoms with van der Waals surface area (Å²) in [6, 6.07) is 5.45. The Balaban J connectivity index is 2.00. The van der Waals surface area contributed by atoms with Crippen LogP contribution in [-0.4, -0.2) is 17.0 Å². The van der Waals surface area contributed by atoms with Crippen molar-refractivity contribution in [3.05, 3.63) is 52.1 Å². The first-order valence-corrected chi connectivity index (χ1v) is 6.29. The first kappa shape index (κ1) is 13.3. The number of hydrogen-bond acceptors (Lipinski definition) is 4. The van der Waals surface area contributed by atoms with E-state index in [-0.39, 0.29) is 11.8 Å². The highest BCUT2D eigenvalue weighted by Crippen LogP contribution is 2.17. The minimum absolute atomic E-state index is 0.0362. The van der Waals surface area contributed by atoms with E-state index in [1.54, 1.807) is 0 Å². The Bertz CT molecular complexity index is 493. The van der Waals surface area contributed by atoms with Crippen LogP contribution in [0.3, 0.4) is 0 Å². The van der Waals surface area contributed by atoms with Gasteiger partial charge in [-0.1, -0.05) is 6.08 Å². The van der Waals surface area contributed by atoms with E-state index >= 15 is 0 Å². The third kappa shape index (κ3) is 3.64. The fraction of sp³-hybridized carbons (Fsp3) is 0.357. The molecule has 0 heterocycles. The van der Waals surface area contributed by atoms with Crippen molar-refractivity contribution < 1.29 is 14.5 Å². The quantitative estimate of drug-likeness (QED) is 0.362. The van der Waals surface area contributed by atoms with Crippen molar-refractivity contribution in [3.8, 4) is 0 Å². The van der Waals surface area contributed by atoms with Crippen LogP contribution in [0.1, 0.15) is 36.0 Å². The molecule has 1 aliphatic carbocycles. The normalized spacial score (nSPS) is 18.6. The Hall–Kier alpha value is -2.17. The molecule has 1 aromatic rings. The molecule has 1 atom stereocenters. The topological polar surface area (TPSA) is 69.4 Å². The predicted octanol–water partition coefficient (Wildman–Crippen LogP) is 3.25. The van der Waals surface area contributed by atoms with Crippen molar-refractivity contribution >= 4 is 11.7 Å². The van der Waals surface area contributed by atoms with Crippen molar-refractivity contribution in [2.24, 2.45) is 0 Å². The van der Waals surface area contributed by atoms with E-state index in [0.717, 1.165) is 25.7 Å². The van der Waals surface area contributed by atoms with Gasteiger partial charge in [0.2, 0.25) is 0 Å². The molecule has 1 aliphatic rings. The number of nitrogens with zero attached hydrogens (tertiary/aromatic N) is 1. The highest BCUT2D eigenvalue weighted by Gasteiger charge is 2.15. The van der Waals surface area contributed by atoms with Gasteiger partial charge in [-0.05, 0) is 43.9 Å². The maximum Gasteiger partial charge on any atom is 0.338 e. The number of ether oxygens (including phenoxy) is 1. The minimum Gasteiger partial charge on any atom is -0.455 e. The average Bonchev–Trinajstić information content (AvgIpc) is 2.67. The standard InChI is InChI=1S/C14H15NO4/c16-14(19-13-5-3-1-2-4-6-13)11-7-9-12(10-8-11)15(17)18/h3,5,7-10,13H,1-2,4,6H2/t13-/m1/s1. The molecule has 1 aromatic carbocycles. The van der Waals surface area contributed by atoms with E-state index in [2.05, 4.69) is 0 Å². The van der Waals surface area contributed by atoms with E-state index in [4.69, 9.17) is 4.74 Å². The van der Waals surface area contributed by atoms with Gasteiger partial charge in [0.15, 0.2) is 0 Å². The minimum atomic E-state index is -0.497. The summed E-state index contributed by atoms with van der Waals surface area (Å²) in [4.78, 5) is 21.9. The number of rotatable bonds is 3. The van der Waals surface area contributed by atoms with E-state index in [1.165, 1.54) is 24.3 Å². The molecule has 0 spiro atoms. The zero-order valence-corrected chi connectivity index (χ0v) is 10.5. The Morgan fingerprint density at radius 3 is 2.68 bits per heavy atom. The van der Waals surface area contributed by atoms with Gasteiger partial charge in [-0.3, -0.25) is 10.1 Å². The van der Waals surface area contributed by atoms with Crippen LogP contribution in [0.5, 0.6) is 0 Å². The Labute approximate surface area is 111 Å². The van der Waals surface area contributed by atoms with Crippen molar-refractivity contribution in [3.63, 3.8) is 0 Å². The van der Waals surface area contributed by atoms with Crippen molar-refractivity contribution in [1.29, 1.82) is 0 Å². The summed E-state index contributed by atoms with van der Waals surface area (Å²) < 4.78 is 5.36. The van der Waals surface area contributed by atoms with Gasteiger partial charge in [0.1, 0.15) is 6.10 Å². The smallest absolute Gasteiger partial charge is 0.338 e. The number of carbonyl (C=O) groups excluding carboxylic acids is 1. The van der Waals surface area contributed by atoms with Gasteiger partial charge >= 0.3 is 5.97 Å². The molecule has 0 amide bonds. The lowest BCUT2D eigenvalue weighted by molar-refractivity contribution is -0.384. The van der Waals surface area contributed by atoms with E-state index in [1.807, 2.05) is 12.2 Å². The fourth-order valence-electron chi connectivity index (χ4n) is 1.97. The molecule has 19 heavy (non-hydrogen) atoms. The van der Waals surface area contributed by atoms with Gasteiger partial charge in [-0.2, -0.15) is 0 Å². The zero-order chi connectivity index (χ0) is 13.7. The van der Waals surface area contributed by atoms with Crippen LogP contribution < -0.4 is 0 Å². The molecule has 0 saturated carbocycles. The van der Waals surface area contributed by atoms with Crippen LogP contribution in [0.2, 0.25) is 0 Å². The third-order valence-electron chi connectivity index (χ3n) is 3.03. The van der Waals surface area contributed by atoms with Gasteiger partial charge in [-0.25, -0.2) is 4.79 Å². The highest BCUT2D eigenvalue weighted by molar-refractivity contribution is 5.89. The number of nitro groups is 1. The SMILES string of the molecule is O=C(O[C@@H]1C=CCCCC1)c1ccc([N+](=O)[O-])cc1. The summed E-state index contributed by atoms with van der Waals surface area (Å²) in [6.45, 7) is 0. The van der Waals surface area contributed by atoms with Crippen molar-refractivity contribution in [2.75, 3.05) is 0 Å². The molecular formula is C14H15NO4. The van der Waals surface area contributed by atoms with E-state index < -0.39 is 10.9 Å². The van der Waals surface area contributed by atoms with Gasteiger partial charge in [0.05, 0.1) is 10.5 Å². The van der Waals surface area contributed by atoms with Crippen molar-refractivity contribution in [2.45, 2.75) is 31.8 Å². The number of carbonyl (C=O) groups is 1.